The lowest BCUT2D eigenvalue weighted by Gasteiger charge is -2.10. The van der Waals surface area contributed by atoms with Gasteiger partial charge in [0.1, 0.15) is 0 Å². The van der Waals surface area contributed by atoms with E-state index in [2.05, 4.69) is 10.6 Å². The van der Waals surface area contributed by atoms with Crippen LogP contribution in [0.15, 0.2) is 48.5 Å². The predicted octanol–water partition coefficient (Wildman–Crippen LogP) is 3.07. The zero-order valence-corrected chi connectivity index (χ0v) is 13.7. The fourth-order valence-electron chi connectivity index (χ4n) is 2.48. The maximum absolute atomic E-state index is 12.4. The highest BCUT2D eigenvalue weighted by Gasteiger charge is 2.10. The third kappa shape index (κ3) is 5.21. The number of amides is 1. The standard InChI is InChI=1S/C19H22N2O3/c1-20-13-15-6-2-3-7-17(15)19(24)21-16-11-9-14(10-12-16)5-4-8-18(22)23/h2-3,6-7,9-12,20H,4-5,8,13H2,1H3,(H,21,24)(H,22,23). The quantitative estimate of drug-likeness (QED) is 0.696. The Balaban J connectivity index is 1.98. The normalized spacial score (nSPS) is 10.4. The summed E-state index contributed by atoms with van der Waals surface area (Å²) in [6.45, 7) is 0.631. The monoisotopic (exact) mass is 326 g/mol. The molecule has 2 rings (SSSR count). The molecule has 3 N–H and O–H groups in total. The molecule has 5 heteroatoms. The SMILES string of the molecule is CNCc1ccccc1C(=O)Nc1ccc(CCCC(=O)O)cc1. The van der Waals surface area contributed by atoms with Gasteiger partial charge in [-0.05, 0) is 49.2 Å². The lowest BCUT2D eigenvalue weighted by Crippen LogP contribution is -2.16. The van der Waals surface area contributed by atoms with Crippen LogP contribution in [0.5, 0.6) is 0 Å². The van der Waals surface area contributed by atoms with Crippen molar-refractivity contribution in [2.24, 2.45) is 0 Å². The third-order valence-corrected chi connectivity index (χ3v) is 3.70. The van der Waals surface area contributed by atoms with Gasteiger partial charge in [-0.2, -0.15) is 0 Å². The lowest BCUT2D eigenvalue weighted by atomic mass is 10.1. The topological polar surface area (TPSA) is 78.4 Å². The molecule has 0 unspecified atom stereocenters. The molecule has 2 aromatic carbocycles. The number of hydrogen-bond donors (Lipinski definition) is 3. The Kier molecular flexibility index (Phi) is 6.51. The number of aliphatic carboxylic acids is 1. The first-order valence-electron chi connectivity index (χ1n) is 7.94. The first-order chi connectivity index (χ1) is 11.6. The van der Waals surface area contributed by atoms with E-state index in [1.54, 1.807) is 0 Å². The fraction of sp³-hybridized carbons (Fsp3) is 0.263. The smallest absolute Gasteiger partial charge is 0.303 e. The van der Waals surface area contributed by atoms with Crippen molar-refractivity contribution in [1.82, 2.24) is 5.32 Å². The van der Waals surface area contributed by atoms with Gasteiger partial charge >= 0.3 is 5.97 Å². The van der Waals surface area contributed by atoms with Crippen molar-refractivity contribution in [3.05, 3.63) is 65.2 Å². The molecule has 0 aliphatic heterocycles. The van der Waals surface area contributed by atoms with Gasteiger partial charge in [0.05, 0.1) is 0 Å². The number of carbonyl (C=O) groups is 2. The average Bonchev–Trinajstić information content (AvgIpc) is 2.57. The van der Waals surface area contributed by atoms with Crippen molar-refractivity contribution in [1.29, 1.82) is 0 Å². The molecule has 126 valence electrons. The first-order valence-corrected chi connectivity index (χ1v) is 7.94. The highest BCUT2D eigenvalue weighted by atomic mass is 16.4. The molecule has 0 saturated carbocycles. The maximum Gasteiger partial charge on any atom is 0.303 e. The molecule has 0 heterocycles. The fourth-order valence-corrected chi connectivity index (χ4v) is 2.48. The van der Waals surface area contributed by atoms with Crippen LogP contribution in [0.25, 0.3) is 0 Å². The lowest BCUT2D eigenvalue weighted by molar-refractivity contribution is -0.137. The summed E-state index contributed by atoms with van der Waals surface area (Å²) in [4.78, 5) is 23.0. The van der Waals surface area contributed by atoms with E-state index in [0.29, 0.717) is 24.9 Å². The van der Waals surface area contributed by atoms with Crippen LogP contribution in [-0.2, 0) is 17.8 Å². The van der Waals surface area contributed by atoms with E-state index in [9.17, 15) is 9.59 Å². The number of carboxylic acids is 1. The predicted molar refractivity (Wildman–Crippen MR) is 94.2 cm³/mol. The second-order valence-electron chi connectivity index (χ2n) is 5.59. The number of rotatable bonds is 8. The summed E-state index contributed by atoms with van der Waals surface area (Å²) in [6.07, 6.45) is 1.49. The Morgan fingerprint density at radius 3 is 2.42 bits per heavy atom. The van der Waals surface area contributed by atoms with Crippen molar-refractivity contribution in [2.75, 3.05) is 12.4 Å². The van der Waals surface area contributed by atoms with Crippen LogP contribution in [0.2, 0.25) is 0 Å². The molecule has 24 heavy (non-hydrogen) atoms. The van der Waals surface area contributed by atoms with E-state index >= 15 is 0 Å². The minimum absolute atomic E-state index is 0.139. The van der Waals surface area contributed by atoms with Crippen LogP contribution < -0.4 is 10.6 Å². The van der Waals surface area contributed by atoms with Gasteiger partial charge in [0, 0.05) is 24.2 Å². The summed E-state index contributed by atoms with van der Waals surface area (Å²) in [7, 11) is 1.85. The average molecular weight is 326 g/mol. The Hall–Kier alpha value is -2.66. The Morgan fingerprint density at radius 1 is 1.04 bits per heavy atom. The van der Waals surface area contributed by atoms with Gasteiger partial charge in [-0.3, -0.25) is 9.59 Å². The molecule has 0 bridgehead atoms. The van der Waals surface area contributed by atoms with Crippen molar-refractivity contribution >= 4 is 17.6 Å². The Bertz CT molecular complexity index is 696. The molecule has 0 radical (unpaired) electrons. The number of hydrogen-bond acceptors (Lipinski definition) is 3. The molecule has 0 aromatic heterocycles. The minimum atomic E-state index is -0.779. The van der Waals surface area contributed by atoms with Crippen LogP contribution in [-0.4, -0.2) is 24.0 Å². The minimum Gasteiger partial charge on any atom is -0.481 e. The van der Waals surface area contributed by atoms with Crippen LogP contribution >= 0.6 is 0 Å². The Labute approximate surface area is 141 Å². The number of benzene rings is 2. The van der Waals surface area contributed by atoms with Gasteiger partial charge in [0.15, 0.2) is 0 Å². The zero-order valence-electron chi connectivity index (χ0n) is 13.7. The van der Waals surface area contributed by atoms with E-state index in [4.69, 9.17) is 5.11 Å². The first kappa shape index (κ1) is 17.7. The highest BCUT2D eigenvalue weighted by molar-refractivity contribution is 6.05. The van der Waals surface area contributed by atoms with E-state index < -0.39 is 5.97 Å². The van der Waals surface area contributed by atoms with Crippen LogP contribution in [0.3, 0.4) is 0 Å². The summed E-state index contributed by atoms with van der Waals surface area (Å²) in [5, 5.41) is 14.6. The molecular weight excluding hydrogens is 304 g/mol. The van der Waals surface area contributed by atoms with Crippen molar-refractivity contribution in [3.63, 3.8) is 0 Å². The van der Waals surface area contributed by atoms with Gasteiger partial charge in [0.2, 0.25) is 0 Å². The van der Waals surface area contributed by atoms with E-state index in [1.165, 1.54) is 0 Å². The third-order valence-electron chi connectivity index (χ3n) is 3.70. The molecule has 1 amide bonds. The van der Waals surface area contributed by atoms with Gasteiger partial charge in [-0.25, -0.2) is 0 Å². The van der Waals surface area contributed by atoms with Gasteiger partial charge in [-0.15, -0.1) is 0 Å². The van der Waals surface area contributed by atoms with Crippen LogP contribution in [0.1, 0.15) is 34.3 Å². The van der Waals surface area contributed by atoms with Crippen molar-refractivity contribution < 1.29 is 14.7 Å². The largest absolute Gasteiger partial charge is 0.481 e. The molecule has 0 spiro atoms. The Morgan fingerprint density at radius 2 is 1.75 bits per heavy atom. The summed E-state index contributed by atoms with van der Waals surface area (Å²) in [5.41, 5.74) is 3.38. The molecule has 0 aliphatic rings. The molecule has 0 atom stereocenters. The highest BCUT2D eigenvalue weighted by Crippen LogP contribution is 2.15. The van der Waals surface area contributed by atoms with Crippen LogP contribution in [0, 0.1) is 0 Å². The number of anilines is 1. The molecule has 5 nitrogen and oxygen atoms in total. The molecule has 0 aliphatic carbocycles. The van der Waals surface area contributed by atoms with E-state index in [0.717, 1.165) is 16.8 Å². The summed E-state index contributed by atoms with van der Waals surface area (Å²) in [6, 6.07) is 15.0. The number of carboxylic acid groups (broad SMARTS) is 1. The summed E-state index contributed by atoms with van der Waals surface area (Å²) in [5.74, 6) is -0.918. The second kappa shape index (κ2) is 8.84. The molecule has 0 saturated heterocycles. The summed E-state index contributed by atoms with van der Waals surface area (Å²) < 4.78 is 0. The maximum atomic E-state index is 12.4. The second-order valence-corrected chi connectivity index (χ2v) is 5.59. The molecule has 0 fully saturated rings. The van der Waals surface area contributed by atoms with E-state index in [-0.39, 0.29) is 12.3 Å². The molecular formula is C19H22N2O3. The zero-order chi connectivity index (χ0) is 17.4. The number of nitrogens with one attached hydrogen (secondary N) is 2. The van der Waals surface area contributed by atoms with Crippen molar-refractivity contribution in [2.45, 2.75) is 25.8 Å². The number of aryl methyl sites for hydroxylation is 1. The summed E-state index contributed by atoms with van der Waals surface area (Å²) >= 11 is 0. The van der Waals surface area contributed by atoms with Gasteiger partial charge in [0.25, 0.3) is 5.91 Å². The van der Waals surface area contributed by atoms with Gasteiger partial charge in [-0.1, -0.05) is 30.3 Å². The van der Waals surface area contributed by atoms with E-state index in [1.807, 2.05) is 55.6 Å². The van der Waals surface area contributed by atoms with Crippen LogP contribution in [0.4, 0.5) is 5.69 Å². The number of carbonyl (C=O) groups excluding carboxylic acids is 1. The van der Waals surface area contributed by atoms with Gasteiger partial charge < -0.3 is 15.7 Å². The molecule has 2 aromatic rings. The van der Waals surface area contributed by atoms with Crippen molar-refractivity contribution in [3.8, 4) is 0 Å².